The maximum Gasteiger partial charge on any atom is 0.255 e. The van der Waals surface area contributed by atoms with Gasteiger partial charge in [-0.15, -0.1) is 0 Å². The van der Waals surface area contributed by atoms with Gasteiger partial charge >= 0.3 is 0 Å². The molecule has 3 rings (SSSR count). The van der Waals surface area contributed by atoms with Crippen LogP contribution in [0.4, 0.5) is 0 Å². The molecule has 1 unspecified atom stereocenters. The fraction of sp³-hybridized carbons (Fsp3) is 0.950. The van der Waals surface area contributed by atoms with Crippen LogP contribution in [0.1, 0.15) is 58.8 Å². The maximum absolute atomic E-state index is 13.0. The number of amides is 1. The second-order valence-corrected chi connectivity index (χ2v) is 8.80. The average molecular weight is 352 g/mol. The molecule has 1 atom stereocenters. The number of β-amino-alcohol motifs (C(OH)–C–C–N with tert-alkyl or cyclic N) is 1. The minimum atomic E-state index is -1.16. The first kappa shape index (κ1) is 19.1. The Kier molecular flexibility index (Phi) is 6.39. The smallest absolute Gasteiger partial charge is 0.255 e. The summed E-state index contributed by atoms with van der Waals surface area (Å²) in [6.07, 6.45) is 8.00. The number of piperazine rings is 1. The molecule has 0 bridgehead atoms. The predicted octanol–water partition coefficient (Wildman–Crippen LogP) is 1.95. The minimum Gasteiger partial charge on any atom is -0.379 e. The fourth-order valence-electron chi connectivity index (χ4n) is 4.88. The molecule has 1 aliphatic carbocycles. The highest BCUT2D eigenvalue weighted by atomic mass is 16.3. The van der Waals surface area contributed by atoms with Crippen LogP contribution in [-0.2, 0) is 4.79 Å². The summed E-state index contributed by atoms with van der Waals surface area (Å²) in [5.74, 6) is 0.644. The van der Waals surface area contributed by atoms with Crippen molar-refractivity contribution in [3.8, 4) is 0 Å². The van der Waals surface area contributed by atoms with E-state index in [1.54, 1.807) is 0 Å². The van der Waals surface area contributed by atoms with Crippen LogP contribution >= 0.6 is 0 Å². The van der Waals surface area contributed by atoms with Gasteiger partial charge in [0.1, 0.15) is 0 Å². The number of carbonyl (C=O) groups excluding carboxylic acids is 1. The molecule has 3 aliphatic rings. The lowest BCUT2D eigenvalue weighted by atomic mass is 9.86. The minimum absolute atomic E-state index is 0.00406. The second-order valence-electron chi connectivity index (χ2n) is 8.80. The highest BCUT2D eigenvalue weighted by Crippen LogP contribution is 2.29. The van der Waals surface area contributed by atoms with Gasteiger partial charge in [0, 0.05) is 51.9 Å². The van der Waals surface area contributed by atoms with Crippen molar-refractivity contribution in [2.24, 2.45) is 5.92 Å². The third-order valence-electron chi connectivity index (χ3n) is 6.53. The van der Waals surface area contributed by atoms with Crippen molar-refractivity contribution in [1.82, 2.24) is 14.7 Å². The lowest BCUT2D eigenvalue weighted by Gasteiger charge is -2.44. The molecule has 0 spiro atoms. The third-order valence-corrected chi connectivity index (χ3v) is 6.53. The molecule has 0 radical (unpaired) electrons. The maximum atomic E-state index is 13.0. The molecule has 144 valence electrons. The van der Waals surface area contributed by atoms with Gasteiger partial charge in [0.15, 0.2) is 5.60 Å². The summed E-state index contributed by atoms with van der Waals surface area (Å²) in [6.45, 7) is 10.7. The van der Waals surface area contributed by atoms with Crippen LogP contribution in [0.3, 0.4) is 0 Å². The molecule has 0 aromatic heterocycles. The van der Waals surface area contributed by atoms with Gasteiger partial charge < -0.3 is 10.0 Å². The molecule has 2 heterocycles. The molecule has 1 amide bonds. The number of nitrogens with zero attached hydrogens (tertiary/aromatic N) is 3. The molecule has 5 heteroatoms. The highest BCUT2D eigenvalue weighted by Gasteiger charge is 2.44. The zero-order chi connectivity index (χ0) is 17.9. The van der Waals surface area contributed by atoms with E-state index in [0.29, 0.717) is 24.9 Å². The molecule has 2 aliphatic heterocycles. The van der Waals surface area contributed by atoms with Crippen LogP contribution in [0.25, 0.3) is 0 Å². The lowest BCUT2D eigenvalue weighted by Crippen LogP contribution is -2.61. The van der Waals surface area contributed by atoms with Gasteiger partial charge in [0.05, 0.1) is 0 Å². The zero-order valence-corrected chi connectivity index (χ0v) is 16.3. The summed E-state index contributed by atoms with van der Waals surface area (Å²) in [7, 11) is 0. The Balaban J connectivity index is 1.54. The molecular weight excluding hydrogens is 314 g/mol. The van der Waals surface area contributed by atoms with Gasteiger partial charge in [0.25, 0.3) is 5.91 Å². The summed E-state index contributed by atoms with van der Waals surface area (Å²) in [6, 6.07) is 0.576. The van der Waals surface area contributed by atoms with E-state index in [-0.39, 0.29) is 5.91 Å². The quantitative estimate of drug-likeness (QED) is 0.822. The first-order valence-electron chi connectivity index (χ1n) is 10.5. The standard InChI is InChI=1S/C20H37N3O2/c1-17(2)22-13-11-21(12-14-22)16-20(25)9-6-10-23(19(20)24)15-18-7-4-3-5-8-18/h17-18,25H,3-16H2,1-2H3. The van der Waals surface area contributed by atoms with Crippen molar-refractivity contribution in [2.75, 3.05) is 45.8 Å². The van der Waals surface area contributed by atoms with E-state index in [9.17, 15) is 9.90 Å². The summed E-state index contributed by atoms with van der Waals surface area (Å²) >= 11 is 0. The summed E-state index contributed by atoms with van der Waals surface area (Å²) in [5.41, 5.74) is -1.16. The van der Waals surface area contributed by atoms with Crippen LogP contribution in [0, 0.1) is 5.92 Å². The molecule has 0 aromatic rings. The fourth-order valence-corrected chi connectivity index (χ4v) is 4.88. The Bertz CT molecular complexity index is 442. The number of hydrogen-bond acceptors (Lipinski definition) is 4. The van der Waals surface area contributed by atoms with E-state index in [1.807, 2.05) is 4.90 Å². The molecule has 25 heavy (non-hydrogen) atoms. The largest absolute Gasteiger partial charge is 0.379 e. The molecule has 5 nitrogen and oxygen atoms in total. The highest BCUT2D eigenvalue weighted by molar-refractivity contribution is 5.86. The van der Waals surface area contributed by atoms with Crippen molar-refractivity contribution in [3.05, 3.63) is 0 Å². The number of hydrogen-bond donors (Lipinski definition) is 1. The van der Waals surface area contributed by atoms with Gasteiger partial charge in [0.2, 0.25) is 0 Å². The van der Waals surface area contributed by atoms with Gasteiger partial charge in [-0.3, -0.25) is 14.6 Å². The monoisotopic (exact) mass is 351 g/mol. The average Bonchev–Trinajstić information content (AvgIpc) is 2.60. The normalized spacial score (nSPS) is 31.0. The lowest BCUT2D eigenvalue weighted by molar-refractivity contribution is -0.161. The van der Waals surface area contributed by atoms with Gasteiger partial charge in [-0.25, -0.2) is 0 Å². The number of likely N-dealkylation sites (tertiary alicyclic amines) is 1. The Morgan fingerprint density at radius 2 is 1.72 bits per heavy atom. The SMILES string of the molecule is CC(C)N1CCN(CC2(O)CCCN(CC3CCCCC3)C2=O)CC1. The summed E-state index contributed by atoms with van der Waals surface area (Å²) < 4.78 is 0. The van der Waals surface area contributed by atoms with Crippen molar-refractivity contribution in [1.29, 1.82) is 0 Å². The predicted molar refractivity (Wildman–Crippen MR) is 100 cm³/mol. The Morgan fingerprint density at radius 1 is 1.04 bits per heavy atom. The molecular formula is C20H37N3O2. The number of carbonyl (C=O) groups is 1. The molecule has 1 saturated carbocycles. The van der Waals surface area contributed by atoms with Gasteiger partial charge in [-0.2, -0.15) is 0 Å². The summed E-state index contributed by atoms with van der Waals surface area (Å²) in [4.78, 5) is 19.7. The van der Waals surface area contributed by atoms with E-state index in [2.05, 4.69) is 23.6 Å². The number of aliphatic hydroxyl groups is 1. The van der Waals surface area contributed by atoms with E-state index in [0.717, 1.165) is 45.7 Å². The van der Waals surface area contributed by atoms with Crippen molar-refractivity contribution >= 4 is 5.91 Å². The van der Waals surface area contributed by atoms with Gasteiger partial charge in [-0.05, 0) is 45.4 Å². The van der Waals surface area contributed by atoms with Crippen LogP contribution < -0.4 is 0 Å². The van der Waals surface area contributed by atoms with Crippen molar-refractivity contribution in [3.63, 3.8) is 0 Å². The Hall–Kier alpha value is -0.650. The molecule has 1 N–H and O–H groups in total. The van der Waals surface area contributed by atoms with Crippen LogP contribution in [-0.4, -0.2) is 83.2 Å². The van der Waals surface area contributed by atoms with Crippen molar-refractivity contribution < 1.29 is 9.90 Å². The van der Waals surface area contributed by atoms with Crippen LogP contribution in [0.15, 0.2) is 0 Å². The third kappa shape index (κ3) is 4.75. The van der Waals surface area contributed by atoms with Crippen LogP contribution in [0.2, 0.25) is 0 Å². The first-order chi connectivity index (χ1) is 12.0. The molecule has 2 saturated heterocycles. The zero-order valence-electron chi connectivity index (χ0n) is 16.3. The van der Waals surface area contributed by atoms with E-state index in [4.69, 9.17) is 0 Å². The van der Waals surface area contributed by atoms with Crippen LogP contribution in [0.5, 0.6) is 0 Å². The Morgan fingerprint density at radius 3 is 2.36 bits per heavy atom. The number of piperidine rings is 1. The summed E-state index contributed by atoms with van der Waals surface area (Å²) in [5, 5.41) is 11.1. The molecule has 3 fully saturated rings. The van der Waals surface area contributed by atoms with Gasteiger partial charge in [-0.1, -0.05) is 19.3 Å². The van der Waals surface area contributed by atoms with E-state index >= 15 is 0 Å². The number of rotatable bonds is 5. The van der Waals surface area contributed by atoms with Crippen molar-refractivity contribution in [2.45, 2.75) is 70.4 Å². The molecule has 0 aromatic carbocycles. The van der Waals surface area contributed by atoms with E-state index < -0.39 is 5.60 Å². The van der Waals surface area contributed by atoms with E-state index in [1.165, 1.54) is 32.1 Å². The topological polar surface area (TPSA) is 47.0 Å². The first-order valence-corrected chi connectivity index (χ1v) is 10.5. The Labute approximate surface area is 153 Å². The second kappa shape index (κ2) is 8.36.